The van der Waals surface area contributed by atoms with Crippen molar-refractivity contribution in [1.29, 1.82) is 0 Å². The number of piperazine rings is 1. The summed E-state index contributed by atoms with van der Waals surface area (Å²) in [6.45, 7) is 5.88. The first-order valence-electron chi connectivity index (χ1n) is 13.7. The predicted octanol–water partition coefficient (Wildman–Crippen LogP) is 4.59. The second kappa shape index (κ2) is 16.1. The SMILES string of the molecule is Cc1cccc(NC(=O)CN2CCN(C(=NCCc3ccccc3)Nc3ccc(C(=O)O)cc3)CC2)c1.O=C(O)C(F)(F)F. The van der Waals surface area contributed by atoms with Crippen LogP contribution in [-0.4, -0.2) is 89.3 Å². The molecule has 0 aromatic heterocycles. The molecule has 4 N–H and O–H groups in total. The number of amides is 1. The summed E-state index contributed by atoms with van der Waals surface area (Å²) in [4.78, 5) is 41.8. The third-order valence-electron chi connectivity index (χ3n) is 6.48. The van der Waals surface area contributed by atoms with E-state index in [0.717, 1.165) is 55.5 Å². The first-order valence-corrected chi connectivity index (χ1v) is 13.7. The number of hydrogen-bond donors (Lipinski definition) is 4. The average molecular weight is 614 g/mol. The van der Waals surface area contributed by atoms with E-state index in [1.807, 2.05) is 49.4 Å². The Morgan fingerprint density at radius 3 is 2.05 bits per heavy atom. The van der Waals surface area contributed by atoms with Crippen LogP contribution in [0.5, 0.6) is 0 Å². The number of rotatable bonds is 8. The molecular weight excluding hydrogens is 579 g/mol. The van der Waals surface area contributed by atoms with Crippen LogP contribution in [0.2, 0.25) is 0 Å². The molecule has 3 aromatic rings. The van der Waals surface area contributed by atoms with Crippen LogP contribution in [0.1, 0.15) is 21.5 Å². The Labute approximate surface area is 252 Å². The summed E-state index contributed by atoms with van der Waals surface area (Å²) in [5.41, 5.74) is 4.17. The van der Waals surface area contributed by atoms with E-state index in [4.69, 9.17) is 14.9 Å². The molecule has 1 saturated heterocycles. The number of aliphatic imine (C=N–C) groups is 1. The van der Waals surface area contributed by atoms with Gasteiger partial charge in [0.25, 0.3) is 0 Å². The Bertz CT molecular complexity index is 1420. The van der Waals surface area contributed by atoms with Crippen molar-refractivity contribution in [1.82, 2.24) is 9.80 Å². The van der Waals surface area contributed by atoms with Crippen molar-refractivity contribution in [3.63, 3.8) is 0 Å². The monoisotopic (exact) mass is 613 g/mol. The van der Waals surface area contributed by atoms with E-state index in [1.54, 1.807) is 24.3 Å². The Morgan fingerprint density at radius 2 is 1.48 bits per heavy atom. The lowest BCUT2D eigenvalue weighted by molar-refractivity contribution is -0.192. The molecule has 0 atom stereocenters. The van der Waals surface area contributed by atoms with Crippen molar-refractivity contribution in [2.75, 3.05) is 49.9 Å². The molecule has 0 radical (unpaired) electrons. The Balaban J connectivity index is 0.000000676. The highest BCUT2D eigenvalue weighted by Gasteiger charge is 2.38. The molecule has 0 spiro atoms. The lowest BCUT2D eigenvalue weighted by atomic mass is 10.2. The van der Waals surface area contributed by atoms with Crippen LogP contribution in [0.3, 0.4) is 0 Å². The van der Waals surface area contributed by atoms with Crippen LogP contribution in [0.25, 0.3) is 0 Å². The van der Waals surface area contributed by atoms with Gasteiger partial charge < -0.3 is 25.7 Å². The van der Waals surface area contributed by atoms with Crippen LogP contribution in [0.15, 0.2) is 83.9 Å². The van der Waals surface area contributed by atoms with Crippen molar-refractivity contribution in [3.8, 4) is 0 Å². The molecule has 4 rings (SSSR count). The first kappa shape index (κ1) is 33.6. The third-order valence-corrected chi connectivity index (χ3v) is 6.48. The van der Waals surface area contributed by atoms with Gasteiger partial charge in [-0.05, 0) is 60.9 Å². The molecule has 3 aromatic carbocycles. The molecule has 1 heterocycles. The molecule has 1 aliphatic heterocycles. The molecule has 0 unspecified atom stereocenters. The lowest BCUT2D eigenvalue weighted by Crippen LogP contribution is -2.52. The maximum Gasteiger partial charge on any atom is 0.490 e. The van der Waals surface area contributed by atoms with Crippen LogP contribution < -0.4 is 10.6 Å². The van der Waals surface area contributed by atoms with Gasteiger partial charge in [0.1, 0.15) is 0 Å². The third kappa shape index (κ3) is 11.4. The number of aryl methyl sites for hydroxylation is 1. The fourth-order valence-corrected chi connectivity index (χ4v) is 4.22. The number of carboxylic acids is 2. The molecule has 10 nitrogen and oxygen atoms in total. The minimum absolute atomic E-state index is 0.0209. The lowest BCUT2D eigenvalue weighted by Gasteiger charge is -2.36. The van der Waals surface area contributed by atoms with Crippen LogP contribution >= 0.6 is 0 Å². The number of benzene rings is 3. The van der Waals surface area contributed by atoms with E-state index in [9.17, 15) is 27.9 Å². The smallest absolute Gasteiger partial charge is 0.478 e. The summed E-state index contributed by atoms with van der Waals surface area (Å²) in [7, 11) is 0. The number of nitrogens with one attached hydrogen (secondary N) is 2. The summed E-state index contributed by atoms with van der Waals surface area (Å²) in [5.74, 6) is -2.98. The molecule has 0 saturated carbocycles. The number of anilines is 2. The van der Waals surface area contributed by atoms with Gasteiger partial charge in [-0.1, -0.05) is 42.5 Å². The van der Waals surface area contributed by atoms with Crippen molar-refractivity contribution >= 4 is 35.2 Å². The molecule has 0 bridgehead atoms. The van der Waals surface area contributed by atoms with E-state index < -0.39 is 18.1 Å². The number of aromatic carboxylic acids is 1. The zero-order chi connectivity index (χ0) is 32.1. The summed E-state index contributed by atoms with van der Waals surface area (Å²) < 4.78 is 31.7. The maximum atomic E-state index is 12.6. The summed E-state index contributed by atoms with van der Waals surface area (Å²) in [6, 6.07) is 24.7. The van der Waals surface area contributed by atoms with Crippen molar-refractivity contribution in [2.24, 2.45) is 4.99 Å². The Kier molecular flexibility index (Phi) is 12.3. The second-order valence-corrected chi connectivity index (χ2v) is 9.93. The van der Waals surface area contributed by atoms with Gasteiger partial charge in [0.2, 0.25) is 5.91 Å². The zero-order valence-corrected chi connectivity index (χ0v) is 24.1. The number of nitrogens with zero attached hydrogens (tertiary/aromatic N) is 3. The fourth-order valence-electron chi connectivity index (χ4n) is 4.22. The number of halogens is 3. The molecule has 1 amide bonds. The number of aliphatic carboxylic acids is 1. The number of carbonyl (C=O) groups is 3. The zero-order valence-electron chi connectivity index (χ0n) is 24.1. The number of hydrogen-bond acceptors (Lipinski definition) is 5. The average Bonchev–Trinajstić information content (AvgIpc) is 2.98. The van der Waals surface area contributed by atoms with Crippen molar-refractivity contribution in [2.45, 2.75) is 19.5 Å². The number of alkyl halides is 3. The van der Waals surface area contributed by atoms with Gasteiger partial charge in [-0.3, -0.25) is 14.7 Å². The molecule has 1 fully saturated rings. The van der Waals surface area contributed by atoms with Gasteiger partial charge in [0.05, 0.1) is 12.1 Å². The molecule has 44 heavy (non-hydrogen) atoms. The number of carbonyl (C=O) groups excluding carboxylic acids is 1. The largest absolute Gasteiger partial charge is 0.490 e. The van der Waals surface area contributed by atoms with Crippen molar-refractivity contribution < 1.29 is 37.8 Å². The van der Waals surface area contributed by atoms with E-state index in [0.29, 0.717) is 13.1 Å². The second-order valence-electron chi connectivity index (χ2n) is 9.93. The molecule has 1 aliphatic rings. The van der Waals surface area contributed by atoms with E-state index in [1.165, 1.54) is 5.56 Å². The topological polar surface area (TPSA) is 135 Å². The predicted molar refractivity (Wildman–Crippen MR) is 161 cm³/mol. The van der Waals surface area contributed by atoms with E-state index >= 15 is 0 Å². The summed E-state index contributed by atoms with van der Waals surface area (Å²) in [6.07, 6.45) is -4.26. The van der Waals surface area contributed by atoms with Crippen LogP contribution in [-0.2, 0) is 16.0 Å². The fraction of sp³-hybridized carbons (Fsp3) is 0.290. The molecule has 0 aliphatic carbocycles. The van der Waals surface area contributed by atoms with Crippen LogP contribution in [0.4, 0.5) is 24.5 Å². The first-order chi connectivity index (χ1) is 20.9. The highest BCUT2D eigenvalue weighted by Crippen LogP contribution is 2.14. The van der Waals surface area contributed by atoms with Gasteiger partial charge in [0.15, 0.2) is 5.96 Å². The van der Waals surface area contributed by atoms with Gasteiger partial charge in [-0.2, -0.15) is 13.2 Å². The van der Waals surface area contributed by atoms with Gasteiger partial charge in [-0.25, -0.2) is 9.59 Å². The quantitative estimate of drug-likeness (QED) is 0.214. The van der Waals surface area contributed by atoms with E-state index in [2.05, 4.69) is 32.6 Å². The minimum atomic E-state index is -5.08. The Hall–Kier alpha value is -4.91. The van der Waals surface area contributed by atoms with Gasteiger partial charge in [-0.15, -0.1) is 0 Å². The standard InChI is InChI=1S/C29H33N5O3.C2HF3O2/c1-22-6-5-9-26(20-22)31-27(35)21-33-16-18-34(19-17-33)29(30-15-14-23-7-3-2-4-8-23)32-25-12-10-24(11-13-25)28(36)37;3-2(4,5)1(6)7/h2-13,20H,14-19,21H2,1H3,(H,30,32)(H,31,35)(H,36,37);(H,6,7). The number of carboxylic acid groups (broad SMARTS) is 2. The van der Waals surface area contributed by atoms with E-state index in [-0.39, 0.29) is 11.5 Å². The van der Waals surface area contributed by atoms with Gasteiger partial charge >= 0.3 is 18.1 Å². The van der Waals surface area contributed by atoms with Gasteiger partial charge in [0, 0.05) is 44.1 Å². The summed E-state index contributed by atoms with van der Waals surface area (Å²) in [5, 5.41) is 22.7. The highest BCUT2D eigenvalue weighted by atomic mass is 19.4. The Morgan fingerprint density at radius 1 is 0.841 bits per heavy atom. The molecule has 13 heteroatoms. The normalized spacial score (nSPS) is 13.8. The number of guanidine groups is 1. The highest BCUT2D eigenvalue weighted by molar-refractivity contribution is 5.95. The maximum absolute atomic E-state index is 12.6. The minimum Gasteiger partial charge on any atom is -0.478 e. The van der Waals surface area contributed by atoms with Crippen LogP contribution in [0, 0.1) is 6.92 Å². The summed E-state index contributed by atoms with van der Waals surface area (Å²) >= 11 is 0. The molecule has 234 valence electrons. The molecular formula is C31H34F3N5O5. The van der Waals surface area contributed by atoms with Crippen molar-refractivity contribution in [3.05, 3.63) is 95.6 Å².